The maximum absolute atomic E-state index is 12.4. The van der Waals surface area contributed by atoms with Crippen LogP contribution in [-0.2, 0) is 0 Å². The number of ether oxygens (including phenoxy) is 2. The number of anilines is 1. The van der Waals surface area contributed by atoms with Gasteiger partial charge in [-0.25, -0.2) is 4.79 Å². The van der Waals surface area contributed by atoms with Gasteiger partial charge in [0.1, 0.15) is 11.5 Å². The third kappa shape index (κ3) is 3.62. The van der Waals surface area contributed by atoms with Crippen molar-refractivity contribution in [2.24, 2.45) is 0 Å². The minimum Gasteiger partial charge on any atom is -0.497 e. The fraction of sp³-hybridized carbons (Fsp3) is 0.316. The highest BCUT2D eigenvalue weighted by Gasteiger charge is 2.27. The van der Waals surface area contributed by atoms with E-state index in [1.165, 1.54) is 5.56 Å². The first-order valence-electron chi connectivity index (χ1n) is 8.03. The lowest BCUT2D eigenvalue weighted by molar-refractivity contribution is 0.222. The predicted molar refractivity (Wildman–Crippen MR) is 93.9 cm³/mol. The Balaban J connectivity index is 1.60. The molecule has 2 amide bonds. The zero-order chi connectivity index (χ0) is 16.9. The molecule has 0 radical (unpaired) electrons. The maximum atomic E-state index is 12.4. The number of hydrogen-bond donors (Lipinski definition) is 1. The zero-order valence-electron chi connectivity index (χ0n) is 14.0. The van der Waals surface area contributed by atoms with Crippen LogP contribution in [0.5, 0.6) is 11.5 Å². The van der Waals surface area contributed by atoms with Crippen LogP contribution in [0.4, 0.5) is 10.5 Å². The van der Waals surface area contributed by atoms with E-state index >= 15 is 0 Å². The van der Waals surface area contributed by atoms with Crippen LogP contribution in [-0.4, -0.2) is 38.2 Å². The van der Waals surface area contributed by atoms with E-state index in [0.29, 0.717) is 5.92 Å². The second kappa shape index (κ2) is 7.25. The molecule has 1 N–H and O–H groups in total. The number of likely N-dealkylation sites (tertiary alicyclic amines) is 1. The summed E-state index contributed by atoms with van der Waals surface area (Å²) in [6.07, 6.45) is 0.970. The van der Waals surface area contributed by atoms with E-state index in [9.17, 15) is 4.79 Å². The average molecular weight is 326 g/mol. The Morgan fingerprint density at radius 1 is 1.08 bits per heavy atom. The molecule has 1 aliphatic rings. The molecule has 1 aliphatic heterocycles. The minimum atomic E-state index is -0.0701. The van der Waals surface area contributed by atoms with E-state index < -0.39 is 0 Å². The molecular formula is C19H22N2O3. The normalized spacial score (nSPS) is 16.8. The van der Waals surface area contributed by atoms with Crippen LogP contribution in [0, 0.1) is 0 Å². The summed E-state index contributed by atoms with van der Waals surface area (Å²) >= 11 is 0. The van der Waals surface area contributed by atoms with Gasteiger partial charge in [0, 0.05) is 30.8 Å². The van der Waals surface area contributed by atoms with Crippen molar-refractivity contribution in [3.8, 4) is 11.5 Å². The van der Waals surface area contributed by atoms with Gasteiger partial charge < -0.3 is 19.7 Å². The van der Waals surface area contributed by atoms with Gasteiger partial charge in [-0.1, -0.05) is 18.2 Å². The lowest BCUT2D eigenvalue weighted by Gasteiger charge is -2.18. The van der Waals surface area contributed by atoms with Crippen molar-refractivity contribution in [3.63, 3.8) is 0 Å². The Morgan fingerprint density at radius 2 is 1.83 bits per heavy atom. The summed E-state index contributed by atoms with van der Waals surface area (Å²) in [5.74, 6) is 1.95. The molecule has 1 heterocycles. The summed E-state index contributed by atoms with van der Waals surface area (Å²) in [5, 5.41) is 2.94. The van der Waals surface area contributed by atoms with Crippen molar-refractivity contribution in [1.29, 1.82) is 0 Å². The van der Waals surface area contributed by atoms with Crippen molar-refractivity contribution < 1.29 is 14.3 Å². The SMILES string of the molecule is COc1ccc([C@H]2CCN(C(=O)Nc3cccc(OC)c3)C2)cc1. The largest absolute Gasteiger partial charge is 0.497 e. The van der Waals surface area contributed by atoms with Gasteiger partial charge in [-0.05, 0) is 36.2 Å². The molecule has 1 saturated heterocycles. The van der Waals surface area contributed by atoms with Gasteiger partial charge in [0.05, 0.1) is 14.2 Å². The predicted octanol–water partition coefficient (Wildman–Crippen LogP) is 3.73. The number of rotatable bonds is 4. The maximum Gasteiger partial charge on any atom is 0.321 e. The monoisotopic (exact) mass is 326 g/mol. The number of methoxy groups -OCH3 is 2. The fourth-order valence-corrected chi connectivity index (χ4v) is 3.00. The van der Waals surface area contributed by atoms with Crippen LogP contribution in [0.3, 0.4) is 0 Å². The van der Waals surface area contributed by atoms with Crippen molar-refractivity contribution in [1.82, 2.24) is 4.90 Å². The quantitative estimate of drug-likeness (QED) is 0.931. The second-order valence-electron chi connectivity index (χ2n) is 5.87. The molecule has 126 valence electrons. The summed E-state index contributed by atoms with van der Waals surface area (Å²) in [6.45, 7) is 1.48. The summed E-state index contributed by atoms with van der Waals surface area (Å²) in [6, 6.07) is 15.4. The molecular weight excluding hydrogens is 304 g/mol. The molecule has 1 atom stereocenters. The Hall–Kier alpha value is -2.69. The van der Waals surface area contributed by atoms with Crippen molar-refractivity contribution in [3.05, 3.63) is 54.1 Å². The number of hydrogen-bond acceptors (Lipinski definition) is 3. The van der Waals surface area contributed by atoms with E-state index in [0.717, 1.165) is 36.7 Å². The summed E-state index contributed by atoms with van der Waals surface area (Å²) < 4.78 is 10.4. The smallest absolute Gasteiger partial charge is 0.321 e. The zero-order valence-corrected chi connectivity index (χ0v) is 14.0. The molecule has 5 heteroatoms. The molecule has 0 aliphatic carbocycles. The molecule has 0 unspecified atom stereocenters. The fourth-order valence-electron chi connectivity index (χ4n) is 3.00. The molecule has 0 saturated carbocycles. The summed E-state index contributed by atoms with van der Waals surface area (Å²) in [5.41, 5.74) is 1.99. The Morgan fingerprint density at radius 3 is 2.54 bits per heavy atom. The molecule has 5 nitrogen and oxygen atoms in total. The lowest BCUT2D eigenvalue weighted by Crippen LogP contribution is -2.32. The molecule has 24 heavy (non-hydrogen) atoms. The van der Waals surface area contributed by atoms with Gasteiger partial charge in [0.25, 0.3) is 0 Å². The van der Waals surface area contributed by atoms with Crippen LogP contribution in [0.1, 0.15) is 17.9 Å². The first-order chi connectivity index (χ1) is 11.7. The highest BCUT2D eigenvalue weighted by Crippen LogP contribution is 2.29. The van der Waals surface area contributed by atoms with Crippen molar-refractivity contribution in [2.45, 2.75) is 12.3 Å². The van der Waals surface area contributed by atoms with Crippen LogP contribution < -0.4 is 14.8 Å². The molecule has 1 fully saturated rings. The van der Waals surface area contributed by atoms with Crippen molar-refractivity contribution >= 4 is 11.7 Å². The first-order valence-corrected chi connectivity index (χ1v) is 8.03. The average Bonchev–Trinajstić information content (AvgIpc) is 3.12. The number of benzene rings is 2. The molecule has 0 bridgehead atoms. The second-order valence-corrected chi connectivity index (χ2v) is 5.87. The van der Waals surface area contributed by atoms with E-state index in [1.54, 1.807) is 14.2 Å². The van der Waals surface area contributed by atoms with Gasteiger partial charge in [0.15, 0.2) is 0 Å². The van der Waals surface area contributed by atoms with Crippen LogP contribution in [0.15, 0.2) is 48.5 Å². The van der Waals surface area contributed by atoms with Crippen LogP contribution in [0.25, 0.3) is 0 Å². The molecule has 0 spiro atoms. The lowest BCUT2D eigenvalue weighted by atomic mass is 9.98. The van der Waals surface area contributed by atoms with E-state index in [-0.39, 0.29) is 6.03 Å². The van der Waals surface area contributed by atoms with Gasteiger partial charge >= 0.3 is 6.03 Å². The Labute approximate surface area is 142 Å². The number of nitrogens with zero attached hydrogens (tertiary/aromatic N) is 1. The number of urea groups is 1. The van der Waals surface area contributed by atoms with Gasteiger partial charge in [0.2, 0.25) is 0 Å². The van der Waals surface area contributed by atoms with Crippen LogP contribution in [0.2, 0.25) is 0 Å². The van der Waals surface area contributed by atoms with E-state index in [1.807, 2.05) is 41.3 Å². The van der Waals surface area contributed by atoms with E-state index in [4.69, 9.17) is 9.47 Å². The summed E-state index contributed by atoms with van der Waals surface area (Å²) in [7, 11) is 3.27. The highest BCUT2D eigenvalue weighted by atomic mass is 16.5. The summed E-state index contributed by atoms with van der Waals surface area (Å²) in [4.78, 5) is 14.3. The number of nitrogens with one attached hydrogen (secondary N) is 1. The topological polar surface area (TPSA) is 50.8 Å². The first kappa shape index (κ1) is 16.2. The van der Waals surface area contributed by atoms with Crippen LogP contribution >= 0.6 is 0 Å². The molecule has 2 aromatic rings. The van der Waals surface area contributed by atoms with Crippen molar-refractivity contribution in [2.75, 3.05) is 32.6 Å². The van der Waals surface area contributed by atoms with Gasteiger partial charge in [-0.15, -0.1) is 0 Å². The minimum absolute atomic E-state index is 0.0701. The van der Waals surface area contributed by atoms with E-state index in [2.05, 4.69) is 17.4 Å². The Bertz CT molecular complexity index is 700. The molecule has 3 rings (SSSR count). The number of carbonyl (C=O) groups excluding carboxylic acids is 1. The molecule has 2 aromatic carbocycles. The standard InChI is InChI=1S/C19H22N2O3/c1-23-17-8-6-14(7-9-17)15-10-11-21(13-15)19(22)20-16-4-3-5-18(12-16)24-2/h3-9,12,15H,10-11,13H2,1-2H3,(H,20,22)/t15-/m0/s1. The van der Waals surface area contributed by atoms with Gasteiger partial charge in [-0.3, -0.25) is 0 Å². The third-order valence-electron chi connectivity index (χ3n) is 4.38. The molecule has 0 aromatic heterocycles. The Kier molecular flexibility index (Phi) is 4.89. The van der Waals surface area contributed by atoms with Gasteiger partial charge in [-0.2, -0.15) is 0 Å². The highest BCUT2D eigenvalue weighted by molar-refractivity contribution is 5.89. The number of carbonyl (C=O) groups is 1. The third-order valence-corrected chi connectivity index (χ3v) is 4.38. The number of amides is 2.